The van der Waals surface area contributed by atoms with E-state index in [1.807, 2.05) is 0 Å². The van der Waals surface area contributed by atoms with Gasteiger partial charge in [0.15, 0.2) is 0 Å². The Morgan fingerprint density at radius 2 is 1.15 bits per heavy atom. The van der Waals surface area contributed by atoms with Crippen LogP contribution in [-0.2, 0) is 19.4 Å². The fourth-order valence-corrected chi connectivity index (χ4v) is 4.31. The Labute approximate surface area is 117 Å². The molecule has 4 heteroatoms. The molecule has 0 aromatic carbocycles. The Morgan fingerprint density at radius 1 is 0.700 bits per heavy atom. The van der Waals surface area contributed by atoms with Crippen LogP contribution in [0.25, 0.3) is 0 Å². The maximum absolute atomic E-state index is 12.0. The molecule has 4 aliphatic carbocycles. The molecule has 4 aliphatic rings. The number of carbonyl (C=O) groups is 2. The Morgan fingerprint density at radius 3 is 1.45 bits per heavy atom. The van der Waals surface area contributed by atoms with Gasteiger partial charge in [-0.1, -0.05) is 24.3 Å². The van der Waals surface area contributed by atoms with Crippen LogP contribution in [0.5, 0.6) is 0 Å². The molecular weight excluding hydrogens is 256 g/mol. The van der Waals surface area contributed by atoms with E-state index in [4.69, 9.17) is 9.78 Å². The second-order valence-corrected chi connectivity index (χ2v) is 6.58. The summed E-state index contributed by atoms with van der Waals surface area (Å²) in [7, 11) is 0. The largest absolute Gasteiger partial charge is 0.359 e. The first-order valence-corrected chi connectivity index (χ1v) is 7.49. The van der Waals surface area contributed by atoms with Crippen LogP contribution >= 0.6 is 0 Å². The quantitative estimate of drug-likeness (QED) is 0.441. The number of rotatable bonds is 2. The SMILES string of the molecule is O=C(OOC(=O)C1CC2C=CC1C2)C1CC2C=CC1C2. The van der Waals surface area contributed by atoms with Gasteiger partial charge in [-0.3, -0.25) is 0 Å². The molecule has 0 saturated heterocycles. The van der Waals surface area contributed by atoms with Gasteiger partial charge in [-0.2, -0.15) is 0 Å². The first-order valence-electron chi connectivity index (χ1n) is 7.49. The standard InChI is InChI=1S/C16H18O4/c17-15(13-7-9-1-3-11(13)5-9)19-20-16(18)14-8-10-2-4-12(14)6-10/h1-4,9-14H,5-8H2. The minimum Gasteiger partial charge on any atom is -0.247 e. The van der Waals surface area contributed by atoms with Gasteiger partial charge in [0.05, 0.1) is 11.8 Å². The van der Waals surface area contributed by atoms with E-state index >= 15 is 0 Å². The molecule has 4 bridgehead atoms. The van der Waals surface area contributed by atoms with Crippen LogP contribution in [-0.4, -0.2) is 11.9 Å². The lowest BCUT2D eigenvalue weighted by Crippen LogP contribution is -2.27. The first kappa shape index (κ1) is 12.2. The van der Waals surface area contributed by atoms with E-state index in [1.54, 1.807) is 0 Å². The molecule has 6 unspecified atom stereocenters. The van der Waals surface area contributed by atoms with Crippen molar-refractivity contribution in [1.29, 1.82) is 0 Å². The van der Waals surface area contributed by atoms with Crippen molar-refractivity contribution in [1.82, 2.24) is 0 Å². The van der Waals surface area contributed by atoms with Crippen molar-refractivity contribution in [3.05, 3.63) is 24.3 Å². The Bertz CT molecular complexity index is 461. The third-order valence-corrected chi connectivity index (χ3v) is 5.37. The third kappa shape index (κ3) is 1.89. The molecular formula is C16H18O4. The third-order valence-electron chi connectivity index (χ3n) is 5.37. The van der Waals surface area contributed by atoms with Crippen LogP contribution in [0.2, 0.25) is 0 Å². The maximum Gasteiger partial charge on any atom is 0.359 e. The van der Waals surface area contributed by atoms with Crippen LogP contribution in [0.3, 0.4) is 0 Å². The summed E-state index contributed by atoms with van der Waals surface area (Å²) < 4.78 is 0. The zero-order chi connectivity index (χ0) is 13.7. The molecule has 4 rings (SSSR count). The van der Waals surface area contributed by atoms with Crippen LogP contribution in [0.4, 0.5) is 0 Å². The molecule has 20 heavy (non-hydrogen) atoms. The lowest BCUT2D eigenvalue weighted by molar-refractivity contribution is -0.266. The van der Waals surface area contributed by atoms with Gasteiger partial charge in [-0.05, 0) is 49.4 Å². The number of hydrogen-bond acceptors (Lipinski definition) is 4. The normalized spacial score (nSPS) is 43.2. The van der Waals surface area contributed by atoms with E-state index in [0.717, 1.165) is 25.7 Å². The molecule has 0 amide bonds. The lowest BCUT2D eigenvalue weighted by atomic mass is 9.94. The highest BCUT2D eigenvalue weighted by Gasteiger charge is 2.44. The summed E-state index contributed by atoms with van der Waals surface area (Å²) in [6.45, 7) is 0. The van der Waals surface area contributed by atoms with Crippen LogP contribution < -0.4 is 0 Å². The number of allylic oxidation sites excluding steroid dienone is 4. The van der Waals surface area contributed by atoms with Crippen molar-refractivity contribution >= 4 is 11.9 Å². The van der Waals surface area contributed by atoms with Gasteiger partial charge in [-0.25, -0.2) is 19.4 Å². The van der Waals surface area contributed by atoms with Crippen LogP contribution in [0, 0.1) is 35.5 Å². The highest BCUT2D eigenvalue weighted by atomic mass is 17.2. The van der Waals surface area contributed by atoms with E-state index in [-0.39, 0.29) is 35.6 Å². The van der Waals surface area contributed by atoms with Crippen molar-refractivity contribution in [3.8, 4) is 0 Å². The predicted molar refractivity (Wildman–Crippen MR) is 69.9 cm³/mol. The minimum absolute atomic E-state index is 0.127. The predicted octanol–water partition coefficient (Wildman–Crippen LogP) is 2.41. The zero-order valence-electron chi connectivity index (χ0n) is 11.2. The summed E-state index contributed by atoms with van der Waals surface area (Å²) in [6.07, 6.45) is 12.2. The molecule has 6 atom stereocenters. The molecule has 2 saturated carbocycles. The monoisotopic (exact) mass is 274 g/mol. The Hall–Kier alpha value is -1.58. The molecule has 0 aromatic heterocycles. The lowest BCUT2D eigenvalue weighted by Gasteiger charge is -2.17. The summed E-state index contributed by atoms with van der Waals surface area (Å²) in [5.41, 5.74) is 0. The average molecular weight is 274 g/mol. The van der Waals surface area contributed by atoms with Gasteiger partial charge in [0, 0.05) is 0 Å². The molecule has 4 nitrogen and oxygen atoms in total. The Kier molecular flexibility index (Phi) is 2.72. The summed E-state index contributed by atoms with van der Waals surface area (Å²) in [4.78, 5) is 33.6. The van der Waals surface area contributed by atoms with Crippen molar-refractivity contribution < 1.29 is 19.4 Å². The minimum atomic E-state index is -0.381. The summed E-state index contributed by atoms with van der Waals surface area (Å²) in [5, 5.41) is 0. The molecule has 2 fully saturated rings. The van der Waals surface area contributed by atoms with Gasteiger partial charge < -0.3 is 0 Å². The van der Waals surface area contributed by atoms with Gasteiger partial charge in [0.2, 0.25) is 0 Å². The molecule has 106 valence electrons. The summed E-state index contributed by atoms with van der Waals surface area (Å²) in [5.74, 6) is 0.541. The number of fused-ring (bicyclic) bond motifs is 4. The van der Waals surface area contributed by atoms with Gasteiger partial charge in [0.1, 0.15) is 0 Å². The Balaban J connectivity index is 1.30. The van der Waals surface area contributed by atoms with Crippen LogP contribution in [0.1, 0.15) is 25.7 Å². The first-order chi connectivity index (χ1) is 9.70. The molecule has 0 aromatic rings. The van der Waals surface area contributed by atoms with Gasteiger partial charge >= 0.3 is 11.9 Å². The van der Waals surface area contributed by atoms with Crippen LogP contribution in [0.15, 0.2) is 24.3 Å². The topological polar surface area (TPSA) is 52.6 Å². The number of carbonyl (C=O) groups excluding carboxylic acids is 2. The van der Waals surface area contributed by atoms with E-state index in [0.29, 0.717) is 11.8 Å². The van der Waals surface area contributed by atoms with E-state index in [1.165, 1.54) is 0 Å². The fraction of sp³-hybridized carbons (Fsp3) is 0.625. The molecule has 0 spiro atoms. The van der Waals surface area contributed by atoms with Crippen molar-refractivity contribution in [3.63, 3.8) is 0 Å². The fourth-order valence-electron chi connectivity index (χ4n) is 4.31. The number of hydrogen-bond donors (Lipinski definition) is 0. The highest BCUT2D eigenvalue weighted by molar-refractivity contribution is 5.77. The van der Waals surface area contributed by atoms with Crippen molar-refractivity contribution in [2.75, 3.05) is 0 Å². The maximum atomic E-state index is 12.0. The van der Waals surface area contributed by atoms with Crippen molar-refractivity contribution in [2.45, 2.75) is 25.7 Å². The van der Waals surface area contributed by atoms with Gasteiger partial charge in [0.25, 0.3) is 0 Å². The molecule has 0 radical (unpaired) electrons. The molecule has 0 heterocycles. The molecule has 0 aliphatic heterocycles. The smallest absolute Gasteiger partial charge is 0.247 e. The van der Waals surface area contributed by atoms with Gasteiger partial charge in [-0.15, -0.1) is 0 Å². The summed E-state index contributed by atoms with van der Waals surface area (Å²) >= 11 is 0. The average Bonchev–Trinajstić information content (AvgIpc) is 3.22. The zero-order valence-corrected chi connectivity index (χ0v) is 11.2. The molecule has 0 N–H and O–H groups in total. The van der Waals surface area contributed by atoms with Crippen molar-refractivity contribution in [2.24, 2.45) is 35.5 Å². The van der Waals surface area contributed by atoms with E-state index in [2.05, 4.69) is 24.3 Å². The highest BCUT2D eigenvalue weighted by Crippen LogP contribution is 2.45. The second-order valence-electron chi connectivity index (χ2n) is 6.58. The second kappa shape index (κ2) is 4.47. The van der Waals surface area contributed by atoms with E-state index in [9.17, 15) is 9.59 Å². The summed E-state index contributed by atoms with van der Waals surface area (Å²) in [6, 6.07) is 0. The van der Waals surface area contributed by atoms with E-state index < -0.39 is 0 Å².